The quantitative estimate of drug-likeness (QED) is 0.627. The van der Waals surface area contributed by atoms with E-state index >= 15 is 0 Å². The first-order valence-electron chi connectivity index (χ1n) is 7.90. The number of aromatic nitrogens is 2. The lowest BCUT2D eigenvalue weighted by atomic mass is 10.2. The van der Waals surface area contributed by atoms with E-state index in [0.29, 0.717) is 16.5 Å². The zero-order valence-electron chi connectivity index (χ0n) is 13.8. The molecule has 3 rings (SSSR count). The van der Waals surface area contributed by atoms with Crippen molar-refractivity contribution in [3.8, 4) is 17.0 Å². The zero-order valence-corrected chi connectivity index (χ0v) is 15.4. The molecule has 0 saturated carbocycles. The number of thioether (sulfide) groups is 1. The van der Waals surface area contributed by atoms with Crippen LogP contribution in [0.25, 0.3) is 11.3 Å². The molecule has 1 unspecified atom stereocenters. The fraction of sp³-hybridized carbons (Fsp3) is 0.211. The summed E-state index contributed by atoms with van der Waals surface area (Å²) in [5, 5.41) is 11.7. The van der Waals surface area contributed by atoms with Crippen LogP contribution in [0.2, 0.25) is 5.02 Å². The smallest absolute Gasteiger partial charge is 0.168 e. The van der Waals surface area contributed by atoms with E-state index in [1.165, 1.54) is 11.8 Å². The second-order valence-electron chi connectivity index (χ2n) is 5.58. The average molecular weight is 375 g/mol. The van der Waals surface area contributed by atoms with Crippen LogP contribution in [0.3, 0.4) is 0 Å². The molecule has 1 heterocycles. The monoisotopic (exact) mass is 374 g/mol. The maximum absolute atomic E-state index is 10.1. The van der Waals surface area contributed by atoms with Gasteiger partial charge in [-0.05, 0) is 29.8 Å². The third-order valence-electron chi connectivity index (χ3n) is 3.68. The first-order chi connectivity index (χ1) is 12.1. The molecule has 130 valence electrons. The summed E-state index contributed by atoms with van der Waals surface area (Å²) in [5.41, 5.74) is 2.17. The minimum absolute atomic E-state index is 0.227. The second-order valence-corrected chi connectivity index (χ2v) is 7.00. The molecule has 1 N–H and O–H groups in total. The molecule has 2 aromatic carbocycles. The Balaban J connectivity index is 1.53. The highest BCUT2D eigenvalue weighted by atomic mass is 35.5. The highest BCUT2D eigenvalue weighted by Crippen LogP contribution is 2.25. The van der Waals surface area contributed by atoms with Gasteiger partial charge in [0.1, 0.15) is 12.4 Å². The Kier molecular flexibility index (Phi) is 6.02. The molecule has 0 aliphatic heterocycles. The van der Waals surface area contributed by atoms with Gasteiger partial charge in [0.25, 0.3) is 0 Å². The number of rotatable bonds is 7. The van der Waals surface area contributed by atoms with Gasteiger partial charge in [0.05, 0.1) is 18.0 Å². The number of nitrogens with zero attached hydrogens (tertiary/aromatic N) is 2. The van der Waals surface area contributed by atoms with Crippen molar-refractivity contribution in [1.82, 2.24) is 9.55 Å². The Morgan fingerprint density at radius 3 is 2.60 bits per heavy atom. The van der Waals surface area contributed by atoms with Crippen molar-refractivity contribution in [3.05, 3.63) is 65.8 Å². The zero-order chi connectivity index (χ0) is 17.6. The van der Waals surface area contributed by atoms with Gasteiger partial charge in [0.2, 0.25) is 0 Å². The van der Waals surface area contributed by atoms with Crippen LogP contribution in [0.5, 0.6) is 5.75 Å². The van der Waals surface area contributed by atoms with Crippen molar-refractivity contribution in [3.63, 3.8) is 0 Å². The Bertz CT molecular complexity index is 806. The van der Waals surface area contributed by atoms with Gasteiger partial charge < -0.3 is 14.4 Å². The second kappa shape index (κ2) is 8.43. The molecule has 0 saturated heterocycles. The number of benzene rings is 2. The van der Waals surface area contributed by atoms with Crippen LogP contribution >= 0.6 is 23.4 Å². The Hall–Kier alpha value is -1.95. The van der Waals surface area contributed by atoms with Crippen molar-refractivity contribution in [2.45, 2.75) is 11.3 Å². The number of imidazole rings is 1. The summed E-state index contributed by atoms with van der Waals surface area (Å²) in [6.45, 7) is 0.227. The number of halogens is 1. The van der Waals surface area contributed by atoms with Crippen LogP contribution in [-0.2, 0) is 7.05 Å². The van der Waals surface area contributed by atoms with Crippen molar-refractivity contribution in [2.24, 2.45) is 7.05 Å². The highest BCUT2D eigenvalue weighted by molar-refractivity contribution is 7.99. The lowest BCUT2D eigenvalue weighted by Gasteiger charge is -2.12. The predicted molar refractivity (Wildman–Crippen MR) is 102 cm³/mol. The Morgan fingerprint density at radius 2 is 1.88 bits per heavy atom. The van der Waals surface area contributed by atoms with E-state index in [1.54, 1.807) is 24.3 Å². The van der Waals surface area contributed by atoms with E-state index in [-0.39, 0.29) is 6.61 Å². The topological polar surface area (TPSA) is 47.3 Å². The first kappa shape index (κ1) is 17.9. The third-order valence-corrected chi connectivity index (χ3v) is 5.12. The third kappa shape index (κ3) is 4.78. The molecule has 0 radical (unpaired) electrons. The van der Waals surface area contributed by atoms with Gasteiger partial charge >= 0.3 is 0 Å². The van der Waals surface area contributed by atoms with Gasteiger partial charge in [-0.1, -0.05) is 53.7 Å². The van der Waals surface area contributed by atoms with E-state index < -0.39 is 6.10 Å². The summed E-state index contributed by atoms with van der Waals surface area (Å²) in [7, 11) is 1.98. The number of hydrogen-bond acceptors (Lipinski definition) is 4. The van der Waals surface area contributed by atoms with E-state index in [0.717, 1.165) is 16.4 Å². The minimum atomic E-state index is -0.586. The summed E-state index contributed by atoms with van der Waals surface area (Å²) >= 11 is 7.34. The summed E-state index contributed by atoms with van der Waals surface area (Å²) in [6.07, 6.45) is 1.27. The van der Waals surface area contributed by atoms with Gasteiger partial charge in [-0.25, -0.2) is 4.98 Å². The maximum atomic E-state index is 10.1. The van der Waals surface area contributed by atoms with Gasteiger partial charge in [0, 0.05) is 17.8 Å². The van der Waals surface area contributed by atoms with Gasteiger partial charge in [-0.2, -0.15) is 0 Å². The van der Waals surface area contributed by atoms with Crippen molar-refractivity contribution in [2.75, 3.05) is 12.4 Å². The van der Waals surface area contributed by atoms with Crippen LogP contribution in [-0.4, -0.2) is 33.1 Å². The molecule has 25 heavy (non-hydrogen) atoms. The molecule has 4 nitrogen and oxygen atoms in total. The normalized spacial score (nSPS) is 12.1. The van der Waals surface area contributed by atoms with Crippen LogP contribution in [0.4, 0.5) is 0 Å². The molecular weight excluding hydrogens is 356 g/mol. The van der Waals surface area contributed by atoms with E-state index in [4.69, 9.17) is 16.3 Å². The molecule has 1 aromatic heterocycles. The molecular formula is C19H19ClN2O2S. The summed E-state index contributed by atoms with van der Waals surface area (Å²) in [4.78, 5) is 4.45. The SMILES string of the molecule is Cn1c(-c2ccccc2)cnc1SCC(O)COc1ccc(Cl)cc1. The number of aliphatic hydroxyl groups excluding tert-OH is 1. The van der Waals surface area contributed by atoms with Crippen LogP contribution < -0.4 is 4.74 Å². The molecule has 1 atom stereocenters. The Labute approximate surface area is 156 Å². The first-order valence-corrected chi connectivity index (χ1v) is 9.26. The fourth-order valence-electron chi connectivity index (χ4n) is 2.35. The molecule has 6 heteroatoms. The van der Waals surface area contributed by atoms with Crippen LogP contribution in [0.1, 0.15) is 0 Å². The van der Waals surface area contributed by atoms with E-state index in [9.17, 15) is 5.11 Å². The number of aliphatic hydroxyl groups is 1. The number of hydrogen-bond donors (Lipinski definition) is 1. The molecule has 0 aliphatic carbocycles. The molecule has 0 aliphatic rings. The molecule has 0 fully saturated rings. The average Bonchev–Trinajstić information content (AvgIpc) is 3.01. The lowest BCUT2D eigenvalue weighted by molar-refractivity contribution is 0.126. The van der Waals surface area contributed by atoms with Crippen molar-refractivity contribution in [1.29, 1.82) is 0 Å². The van der Waals surface area contributed by atoms with E-state index in [2.05, 4.69) is 17.1 Å². The molecule has 0 spiro atoms. The van der Waals surface area contributed by atoms with E-state index in [1.807, 2.05) is 36.0 Å². The van der Waals surface area contributed by atoms with Crippen molar-refractivity contribution < 1.29 is 9.84 Å². The Morgan fingerprint density at radius 1 is 1.16 bits per heavy atom. The summed E-state index contributed by atoms with van der Waals surface area (Å²) in [5.74, 6) is 1.20. The standard InChI is InChI=1S/C19H19ClN2O2S/c1-22-18(14-5-3-2-4-6-14)11-21-19(22)25-13-16(23)12-24-17-9-7-15(20)8-10-17/h2-11,16,23H,12-13H2,1H3. The maximum Gasteiger partial charge on any atom is 0.168 e. The molecule has 0 bridgehead atoms. The number of ether oxygens (including phenoxy) is 1. The van der Waals surface area contributed by atoms with Gasteiger partial charge in [-0.15, -0.1) is 0 Å². The predicted octanol–water partition coefficient (Wildman–Crippen LogP) is 4.27. The fourth-order valence-corrected chi connectivity index (χ4v) is 3.33. The lowest BCUT2D eigenvalue weighted by Crippen LogP contribution is -2.20. The minimum Gasteiger partial charge on any atom is -0.491 e. The molecule has 3 aromatic rings. The van der Waals surface area contributed by atoms with Crippen molar-refractivity contribution >= 4 is 23.4 Å². The molecule has 0 amide bonds. The highest BCUT2D eigenvalue weighted by Gasteiger charge is 2.12. The summed E-state index contributed by atoms with van der Waals surface area (Å²) < 4.78 is 7.60. The van der Waals surface area contributed by atoms with Crippen LogP contribution in [0.15, 0.2) is 66.0 Å². The van der Waals surface area contributed by atoms with Crippen LogP contribution in [0, 0.1) is 0 Å². The summed E-state index contributed by atoms with van der Waals surface area (Å²) in [6, 6.07) is 17.2. The van der Waals surface area contributed by atoms with Gasteiger partial charge in [-0.3, -0.25) is 0 Å². The van der Waals surface area contributed by atoms with Gasteiger partial charge in [0.15, 0.2) is 5.16 Å². The largest absolute Gasteiger partial charge is 0.491 e.